The third-order valence-electron chi connectivity index (χ3n) is 2.79. The van der Waals surface area contributed by atoms with E-state index in [1.54, 1.807) is 17.8 Å². The molecule has 0 fully saturated rings. The number of aryl methyl sites for hydroxylation is 1. The van der Waals surface area contributed by atoms with Gasteiger partial charge in [0.2, 0.25) is 0 Å². The lowest BCUT2D eigenvalue weighted by Crippen LogP contribution is -2.14. The van der Waals surface area contributed by atoms with Crippen LogP contribution in [0.25, 0.3) is 0 Å². The van der Waals surface area contributed by atoms with Gasteiger partial charge in [-0.25, -0.2) is 4.39 Å². The maximum absolute atomic E-state index is 13.7. The zero-order valence-corrected chi connectivity index (χ0v) is 12.1. The van der Waals surface area contributed by atoms with E-state index in [0.29, 0.717) is 16.3 Å². The Balaban J connectivity index is 2.03. The van der Waals surface area contributed by atoms with Crippen LogP contribution in [0.5, 0.6) is 0 Å². The molecule has 2 aromatic carbocycles. The SMILES string of the molecule is Cc1ccc(F)c(C(N)CSc2ccc(Cl)cc2)c1. The summed E-state index contributed by atoms with van der Waals surface area (Å²) in [5.74, 6) is 0.386. The fraction of sp³-hybridized carbons (Fsp3) is 0.200. The molecule has 0 aromatic heterocycles. The second-order valence-corrected chi connectivity index (χ2v) is 5.93. The number of thioether (sulfide) groups is 1. The molecule has 0 amide bonds. The van der Waals surface area contributed by atoms with Gasteiger partial charge < -0.3 is 5.73 Å². The van der Waals surface area contributed by atoms with Crippen molar-refractivity contribution in [1.82, 2.24) is 0 Å². The van der Waals surface area contributed by atoms with Gasteiger partial charge in [0, 0.05) is 27.3 Å². The van der Waals surface area contributed by atoms with Crippen LogP contribution in [0.3, 0.4) is 0 Å². The van der Waals surface area contributed by atoms with E-state index < -0.39 is 0 Å². The molecule has 0 aliphatic carbocycles. The van der Waals surface area contributed by atoms with Crippen LogP contribution in [0.2, 0.25) is 5.02 Å². The minimum atomic E-state index is -0.319. The first-order valence-electron chi connectivity index (χ1n) is 5.96. The van der Waals surface area contributed by atoms with E-state index in [9.17, 15) is 4.39 Å². The lowest BCUT2D eigenvalue weighted by Gasteiger charge is -2.13. The van der Waals surface area contributed by atoms with Crippen LogP contribution in [0.15, 0.2) is 47.4 Å². The molecule has 0 spiro atoms. The predicted molar refractivity (Wildman–Crippen MR) is 80.2 cm³/mol. The first-order chi connectivity index (χ1) is 9.06. The summed E-state index contributed by atoms with van der Waals surface area (Å²) in [7, 11) is 0. The fourth-order valence-corrected chi connectivity index (χ4v) is 2.76. The number of nitrogens with two attached hydrogens (primary N) is 1. The van der Waals surface area contributed by atoms with Gasteiger partial charge in [-0.2, -0.15) is 0 Å². The summed E-state index contributed by atoms with van der Waals surface area (Å²) in [4.78, 5) is 1.08. The van der Waals surface area contributed by atoms with Crippen LogP contribution in [-0.4, -0.2) is 5.75 Å². The highest BCUT2D eigenvalue weighted by atomic mass is 35.5. The minimum absolute atomic E-state index is 0.241. The number of benzene rings is 2. The quantitative estimate of drug-likeness (QED) is 0.836. The summed E-state index contributed by atoms with van der Waals surface area (Å²) in [5, 5.41) is 0.707. The molecule has 1 nitrogen and oxygen atoms in total. The molecule has 0 aliphatic heterocycles. The molecule has 1 atom stereocenters. The molecule has 0 heterocycles. The van der Waals surface area contributed by atoms with Crippen molar-refractivity contribution < 1.29 is 4.39 Å². The zero-order chi connectivity index (χ0) is 13.8. The van der Waals surface area contributed by atoms with Gasteiger partial charge in [-0.3, -0.25) is 0 Å². The third-order valence-corrected chi connectivity index (χ3v) is 4.18. The fourth-order valence-electron chi connectivity index (χ4n) is 1.75. The predicted octanol–water partition coefficient (Wildman–Crippen LogP) is 4.58. The molecule has 0 saturated heterocycles. The summed E-state index contributed by atoms with van der Waals surface area (Å²) in [6.45, 7) is 1.93. The van der Waals surface area contributed by atoms with E-state index in [1.807, 2.05) is 37.3 Å². The van der Waals surface area contributed by atoms with E-state index in [0.717, 1.165) is 10.5 Å². The summed E-state index contributed by atoms with van der Waals surface area (Å²) in [6, 6.07) is 12.3. The van der Waals surface area contributed by atoms with Crippen LogP contribution in [0, 0.1) is 12.7 Å². The van der Waals surface area contributed by atoms with Gasteiger partial charge in [0.1, 0.15) is 5.82 Å². The van der Waals surface area contributed by atoms with Crippen molar-refractivity contribution in [2.45, 2.75) is 17.9 Å². The summed E-state index contributed by atoms with van der Waals surface area (Å²) in [5.41, 5.74) is 7.64. The molecule has 0 saturated carbocycles. The van der Waals surface area contributed by atoms with Gasteiger partial charge >= 0.3 is 0 Å². The standard InChI is InChI=1S/C15H15ClFNS/c1-10-2-7-14(17)13(8-10)15(18)9-19-12-5-3-11(16)4-6-12/h2-8,15H,9,18H2,1H3. The topological polar surface area (TPSA) is 26.0 Å². The first-order valence-corrected chi connectivity index (χ1v) is 7.32. The van der Waals surface area contributed by atoms with Crippen LogP contribution in [0.1, 0.15) is 17.2 Å². The molecule has 0 aliphatic rings. The number of hydrogen-bond donors (Lipinski definition) is 1. The van der Waals surface area contributed by atoms with Crippen molar-refractivity contribution in [3.63, 3.8) is 0 Å². The van der Waals surface area contributed by atoms with Crippen LogP contribution < -0.4 is 5.73 Å². The third kappa shape index (κ3) is 3.96. The van der Waals surface area contributed by atoms with Crippen LogP contribution in [0.4, 0.5) is 4.39 Å². The minimum Gasteiger partial charge on any atom is -0.323 e. The van der Waals surface area contributed by atoms with E-state index in [2.05, 4.69) is 0 Å². The molecular formula is C15H15ClFNS. The molecule has 100 valence electrons. The Morgan fingerprint density at radius 1 is 1.21 bits per heavy atom. The number of hydrogen-bond acceptors (Lipinski definition) is 2. The van der Waals surface area contributed by atoms with Crippen molar-refractivity contribution in [3.05, 3.63) is 64.4 Å². The van der Waals surface area contributed by atoms with E-state index in [-0.39, 0.29) is 11.9 Å². The smallest absolute Gasteiger partial charge is 0.128 e. The van der Waals surface area contributed by atoms with Crippen molar-refractivity contribution in [2.75, 3.05) is 5.75 Å². The Hall–Kier alpha value is -1.03. The van der Waals surface area contributed by atoms with Crippen molar-refractivity contribution in [3.8, 4) is 0 Å². The number of rotatable bonds is 4. The highest BCUT2D eigenvalue weighted by molar-refractivity contribution is 7.99. The second-order valence-electron chi connectivity index (χ2n) is 4.40. The average molecular weight is 296 g/mol. The molecule has 0 bridgehead atoms. The Morgan fingerprint density at radius 3 is 2.58 bits per heavy atom. The van der Waals surface area contributed by atoms with Gasteiger partial charge in [0.05, 0.1) is 0 Å². The molecule has 4 heteroatoms. The van der Waals surface area contributed by atoms with Gasteiger partial charge in [-0.1, -0.05) is 29.3 Å². The van der Waals surface area contributed by atoms with Crippen LogP contribution >= 0.6 is 23.4 Å². The van der Waals surface area contributed by atoms with Gasteiger partial charge in [-0.05, 0) is 37.3 Å². The normalized spacial score (nSPS) is 12.4. The van der Waals surface area contributed by atoms with Gasteiger partial charge in [-0.15, -0.1) is 11.8 Å². The van der Waals surface area contributed by atoms with E-state index >= 15 is 0 Å². The Bertz CT molecular complexity index is 557. The Kier molecular flexibility index (Phi) is 4.86. The monoisotopic (exact) mass is 295 g/mol. The molecule has 19 heavy (non-hydrogen) atoms. The molecule has 2 aromatic rings. The van der Waals surface area contributed by atoms with E-state index in [4.69, 9.17) is 17.3 Å². The maximum atomic E-state index is 13.7. The number of halogens is 2. The molecule has 1 unspecified atom stereocenters. The molecule has 2 rings (SSSR count). The molecular weight excluding hydrogens is 281 g/mol. The lowest BCUT2D eigenvalue weighted by molar-refractivity contribution is 0.594. The zero-order valence-electron chi connectivity index (χ0n) is 10.6. The highest BCUT2D eigenvalue weighted by Gasteiger charge is 2.12. The van der Waals surface area contributed by atoms with Crippen molar-refractivity contribution in [1.29, 1.82) is 0 Å². The molecule has 0 radical (unpaired) electrons. The lowest BCUT2D eigenvalue weighted by atomic mass is 10.1. The average Bonchev–Trinajstić information content (AvgIpc) is 2.40. The van der Waals surface area contributed by atoms with Gasteiger partial charge in [0.15, 0.2) is 0 Å². The van der Waals surface area contributed by atoms with Crippen LogP contribution in [-0.2, 0) is 0 Å². The van der Waals surface area contributed by atoms with Crippen molar-refractivity contribution in [2.24, 2.45) is 5.73 Å². The first kappa shape index (κ1) is 14.4. The summed E-state index contributed by atoms with van der Waals surface area (Å²) in [6.07, 6.45) is 0. The summed E-state index contributed by atoms with van der Waals surface area (Å²) >= 11 is 7.42. The Labute approximate surface area is 122 Å². The van der Waals surface area contributed by atoms with Gasteiger partial charge in [0.25, 0.3) is 0 Å². The Morgan fingerprint density at radius 2 is 1.89 bits per heavy atom. The maximum Gasteiger partial charge on any atom is 0.128 e. The summed E-state index contributed by atoms with van der Waals surface area (Å²) < 4.78 is 13.7. The van der Waals surface area contributed by atoms with Crippen molar-refractivity contribution >= 4 is 23.4 Å². The second kappa shape index (κ2) is 6.42. The largest absolute Gasteiger partial charge is 0.323 e. The highest BCUT2D eigenvalue weighted by Crippen LogP contribution is 2.26. The molecule has 2 N–H and O–H groups in total. The van der Waals surface area contributed by atoms with E-state index in [1.165, 1.54) is 6.07 Å².